The zero-order chi connectivity index (χ0) is 14.4. The van der Waals surface area contributed by atoms with Crippen LogP contribution in [0.3, 0.4) is 0 Å². The minimum absolute atomic E-state index is 0.217. The van der Waals surface area contributed by atoms with Crippen molar-refractivity contribution in [3.63, 3.8) is 0 Å². The van der Waals surface area contributed by atoms with Gasteiger partial charge in [-0.25, -0.2) is 0 Å². The van der Waals surface area contributed by atoms with E-state index in [4.69, 9.17) is 10.6 Å². The van der Waals surface area contributed by atoms with E-state index in [-0.39, 0.29) is 6.04 Å². The number of benzene rings is 1. The van der Waals surface area contributed by atoms with Crippen LogP contribution in [-0.2, 0) is 0 Å². The molecule has 2 rings (SSSR count). The molecule has 0 heterocycles. The number of unbranched alkanes of at least 4 members (excludes halogenated alkanes) is 1. The first-order valence-electron chi connectivity index (χ1n) is 8.01. The standard InChI is InChI=1S/C17H28N2O/c1-3-5-7-13(4-2)17(19-18)14-8-6-9-16(12-14)20-15-10-11-15/h6,8-9,12-13,15,17,19H,3-5,7,10-11,18H2,1-2H3. The highest BCUT2D eigenvalue weighted by atomic mass is 16.5. The minimum Gasteiger partial charge on any atom is -0.490 e. The fraction of sp³-hybridized carbons (Fsp3) is 0.647. The monoisotopic (exact) mass is 276 g/mol. The highest BCUT2D eigenvalue weighted by Crippen LogP contribution is 2.32. The van der Waals surface area contributed by atoms with Crippen LogP contribution in [-0.4, -0.2) is 6.10 Å². The lowest BCUT2D eigenvalue weighted by atomic mass is 9.87. The van der Waals surface area contributed by atoms with Gasteiger partial charge in [-0.3, -0.25) is 11.3 Å². The summed E-state index contributed by atoms with van der Waals surface area (Å²) in [6, 6.07) is 8.64. The fourth-order valence-electron chi connectivity index (χ4n) is 2.74. The van der Waals surface area contributed by atoms with E-state index in [0.29, 0.717) is 12.0 Å². The summed E-state index contributed by atoms with van der Waals surface area (Å²) in [7, 11) is 0. The lowest BCUT2D eigenvalue weighted by Gasteiger charge is -2.26. The van der Waals surface area contributed by atoms with Gasteiger partial charge in [0.2, 0.25) is 0 Å². The van der Waals surface area contributed by atoms with Crippen molar-refractivity contribution >= 4 is 0 Å². The Morgan fingerprint density at radius 1 is 1.35 bits per heavy atom. The van der Waals surface area contributed by atoms with Crippen molar-refractivity contribution in [2.45, 2.75) is 64.5 Å². The molecule has 1 aromatic carbocycles. The van der Waals surface area contributed by atoms with E-state index in [9.17, 15) is 0 Å². The molecule has 0 radical (unpaired) electrons. The van der Waals surface area contributed by atoms with Gasteiger partial charge in [0.25, 0.3) is 0 Å². The summed E-state index contributed by atoms with van der Waals surface area (Å²) in [6.07, 6.45) is 7.68. The molecule has 20 heavy (non-hydrogen) atoms. The third-order valence-electron chi connectivity index (χ3n) is 4.15. The van der Waals surface area contributed by atoms with Gasteiger partial charge in [-0.15, -0.1) is 0 Å². The molecule has 112 valence electrons. The van der Waals surface area contributed by atoms with E-state index in [1.54, 1.807) is 0 Å². The number of hydrazine groups is 1. The van der Waals surface area contributed by atoms with Crippen LogP contribution in [0.15, 0.2) is 24.3 Å². The zero-order valence-electron chi connectivity index (χ0n) is 12.8. The summed E-state index contributed by atoms with van der Waals surface area (Å²) in [5.41, 5.74) is 4.26. The Bertz CT molecular complexity index is 404. The molecule has 3 heteroatoms. The first kappa shape index (κ1) is 15.3. The van der Waals surface area contributed by atoms with Crippen molar-refractivity contribution in [3.8, 4) is 5.75 Å². The number of hydrogen-bond donors (Lipinski definition) is 2. The van der Waals surface area contributed by atoms with Crippen molar-refractivity contribution in [2.24, 2.45) is 11.8 Å². The lowest BCUT2D eigenvalue weighted by molar-refractivity contribution is 0.299. The summed E-state index contributed by atoms with van der Waals surface area (Å²) in [6.45, 7) is 4.48. The Morgan fingerprint density at radius 2 is 2.15 bits per heavy atom. The van der Waals surface area contributed by atoms with Crippen molar-refractivity contribution in [1.82, 2.24) is 5.43 Å². The molecule has 0 spiro atoms. The molecule has 2 atom stereocenters. The lowest BCUT2D eigenvalue weighted by Crippen LogP contribution is -2.33. The molecule has 0 aliphatic heterocycles. The molecule has 0 amide bonds. The molecular weight excluding hydrogens is 248 g/mol. The second-order valence-corrected chi connectivity index (χ2v) is 5.84. The largest absolute Gasteiger partial charge is 0.490 e. The fourth-order valence-corrected chi connectivity index (χ4v) is 2.74. The maximum Gasteiger partial charge on any atom is 0.120 e. The SMILES string of the molecule is CCCCC(CC)C(NN)c1cccc(OC2CC2)c1. The summed E-state index contributed by atoms with van der Waals surface area (Å²) in [5.74, 6) is 7.39. The Hall–Kier alpha value is -1.06. The van der Waals surface area contributed by atoms with Crippen molar-refractivity contribution in [3.05, 3.63) is 29.8 Å². The molecule has 3 nitrogen and oxygen atoms in total. The van der Waals surface area contributed by atoms with Crippen LogP contribution in [0.5, 0.6) is 5.75 Å². The average molecular weight is 276 g/mol. The van der Waals surface area contributed by atoms with Crippen LogP contribution in [0.1, 0.15) is 64.0 Å². The Labute approximate surface area is 122 Å². The highest BCUT2D eigenvalue weighted by molar-refractivity contribution is 5.31. The number of rotatable bonds is 9. The Kier molecular flexibility index (Phi) is 5.86. The van der Waals surface area contributed by atoms with Gasteiger partial charge in [0.05, 0.1) is 6.10 Å². The Balaban J connectivity index is 2.07. The van der Waals surface area contributed by atoms with E-state index in [1.807, 2.05) is 6.07 Å². The first-order chi connectivity index (χ1) is 9.78. The van der Waals surface area contributed by atoms with Crippen molar-refractivity contribution in [2.75, 3.05) is 0 Å². The normalized spacial score (nSPS) is 17.8. The molecule has 1 aromatic rings. The van der Waals surface area contributed by atoms with Gasteiger partial charge in [0.1, 0.15) is 5.75 Å². The predicted octanol–water partition coefficient (Wildman–Crippen LogP) is 3.95. The van der Waals surface area contributed by atoms with Gasteiger partial charge < -0.3 is 4.74 Å². The van der Waals surface area contributed by atoms with Crippen molar-refractivity contribution < 1.29 is 4.74 Å². The smallest absolute Gasteiger partial charge is 0.120 e. The predicted molar refractivity (Wildman–Crippen MR) is 83.5 cm³/mol. The number of hydrogen-bond acceptors (Lipinski definition) is 3. The summed E-state index contributed by atoms with van der Waals surface area (Å²) in [5, 5.41) is 0. The van der Waals surface area contributed by atoms with Crippen LogP contribution < -0.4 is 16.0 Å². The second kappa shape index (κ2) is 7.65. The molecule has 0 bridgehead atoms. The van der Waals surface area contributed by atoms with Crippen LogP contribution in [0.25, 0.3) is 0 Å². The van der Waals surface area contributed by atoms with E-state index in [2.05, 4.69) is 37.5 Å². The van der Waals surface area contributed by atoms with Crippen molar-refractivity contribution in [1.29, 1.82) is 0 Å². The third-order valence-corrected chi connectivity index (χ3v) is 4.15. The summed E-state index contributed by atoms with van der Waals surface area (Å²) in [4.78, 5) is 0. The van der Waals surface area contributed by atoms with Gasteiger partial charge in [0.15, 0.2) is 0 Å². The number of ether oxygens (including phenoxy) is 1. The van der Waals surface area contributed by atoms with Gasteiger partial charge in [0, 0.05) is 6.04 Å². The van der Waals surface area contributed by atoms with Crippen LogP contribution >= 0.6 is 0 Å². The molecule has 2 unspecified atom stereocenters. The second-order valence-electron chi connectivity index (χ2n) is 5.84. The summed E-state index contributed by atoms with van der Waals surface area (Å²) >= 11 is 0. The highest BCUT2D eigenvalue weighted by Gasteiger charge is 2.24. The zero-order valence-corrected chi connectivity index (χ0v) is 12.8. The minimum atomic E-state index is 0.217. The molecule has 0 aromatic heterocycles. The average Bonchev–Trinajstić information content (AvgIpc) is 3.27. The molecular formula is C17H28N2O. The summed E-state index contributed by atoms with van der Waals surface area (Å²) < 4.78 is 5.89. The van der Waals surface area contributed by atoms with Crippen LogP contribution in [0, 0.1) is 5.92 Å². The quantitative estimate of drug-likeness (QED) is 0.530. The maximum absolute atomic E-state index is 5.89. The van der Waals surface area contributed by atoms with E-state index >= 15 is 0 Å². The van der Waals surface area contributed by atoms with E-state index in [1.165, 1.54) is 37.7 Å². The number of nitrogens with one attached hydrogen (secondary N) is 1. The van der Waals surface area contributed by atoms with Crippen LogP contribution in [0.4, 0.5) is 0 Å². The Morgan fingerprint density at radius 3 is 2.75 bits per heavy atom. The van der Waals surface area contributed by atoms with E-state index < -0.39 is 0 Å². The van der Waals surface area contributed by atoms with Gasteiger partial charge in [-0.2, -0.15) is 0 Å². The number of nitrogens with two attached hydrogens (primary N) is 1. The van der Waals surface area contributed by atoms with E-state index in [0.717, 1.165) is 12.2 Å². The molecule has 1 aliphatic carbocycles. The topological polar surface area (TPSA) is 47.3 Å². The van der Waals surface area contributed by atoms with Crippen LogP contribution in [0.2, 0.25) is 0 Å². The molecule has 1 fully saturated rings. The molecule has 1 saturated carbocycles. The molecule has 0 saturated heterocycles. The maximum atomic E-state index is 5.89. The molecule has 3 N–H and O–H groups in total. The first-order valence-corrected chi connectivity index (χ1v) is 8.01. The van der Waals surface area contributed by atoms with Gasteiger partial charge in [-0.05, 0) is 42.9 Å². The van der Waals surface area contributed by atoms with Gasteiger partial charge >= 0.3 is 0 Å². The molecule has 1 aliphatic rings. The third kappa shape index (κ3) is 4.22. The van der Waals surface area contributed by atoms with Gasteiger partial charge in [-0.1, -0.05) is 45.2 Å².